The third-order valence-corrected chi connectivity index (χ3v) is 2.94. The van der Waals surface area contributed by atoms with Gasteiger partial charge in [0.15, 0.2) is 0 Å². The highest BCUT2D eigenvalue weighted by Gasteiger charge is 2.33. The summed E-state index contributed by atoms with van der Waals surface area (Å²) in [6.45, 7) is 3.94. The molecule has 1 aliphatic rings. The van der Waals surface area contributed by atoms with Gasteiger partial charge in [-0.1, -0.05) is 0 Å². The molecule has 0 bridgehead atoms. The molecule has 5 heteroatoms. The lowest BCUT2D eigenvalue weighted by atomic mass is 10.0. The number of nitrogens with zero attached hydrogens (tertiary/aromatic N) is 1. The molecule has 0 saturated carbocycles. The first-order chi connectivity index (χ1) is 7.70. The molecule has 2 atom stereocenters. The maximum atomic E-state index is 12.1. The third-order valence-electron chi connectivity index (χ3n) is 2.94. The van der Waals surface area contributed by atoms with Crippen molar-refractivity contribution in [2.75, 3.05) is 40.0 Å². The number of methoxy groups -OCH3 is 1. The molecule has 0 aromatic heterocycles. The lowest BCUT2D eigenvalue weighted by Gasteiger charge is -2.25. The van der Waals surface area contributed by atoms with E-state index < -0.39 is 0 Å². The van der Waals surface area contributed by atoms with E-state index in [-0.39, 0.29) is 24.5 Å². The van der Waals surface area contributed by atoms with Crippen LogP contribution in [0.2, 0.25) is 0 Å². The molecule has 1 saturated heterocycles. The van der Waals surface area contributed by atoms with E-state index in [1.807, 2.05) is 6.92 Å². The highest BCUT2D eigenvalue weighted by atomic mass is 16.5. The molecule has 0 aromatic carbocycles. The Labute approximate surface area is 96.3 Å². The summed E-state index contributed by atoms with van der Waals surface area (Å²) in [4.78, 5) is 13.8. The van der Waals surface area contributed by atoms with E-state index in [1.165, 1.54) is 0 Å². The van der Waals surface area contributed by atoms with Crippen molar-refractivity contribution in [3.05, 3.63) is 0 Å². The number of hydrogen-bond donors (Lipinski definition) is 1. The van der Waals surface area contributed by atoms with Crippen molar-refractivity contribution >= 4 is 5.91 Å². The number of hydrogen-bond acceptors (Lipinski definition) is 4. The minimum atomic E-state index is -0.0663. The van der Waals surface area contributed by atoms with Crippen molar-refractivity contribution in [3.8, 4) is 0 Å². The molecule has 0 spiro atoms. The van der Waals surface area contributed by atoms with Gasteiger partial charge in [-0.25, -0.2) is 0 Å². The maximum absolute atomic E-state index is 12.1. The van der Waals surface area contributed by atoms with Crippen molar-refractivity contribution in [2.45, 2.75) is 19.4 Å². The molecule has 1 N–H and O–H groups in total. The molecule has 0 radical (unpaired) electrons. The van der Waals surface area contributed by atoms with Gasteiger partial charge in [0.2, 0.25) is 5.91 Å². The number of ether oxygens (including phenoxy) is 2. The van der Waals surface area contributed by atoms with Crippen LogP contribution in [0.4, 0.5) is 0 Å². The van der Waals surface area contributed by atoms with E-state index in [0.717, 1.165) is 6.42 Å². The van der Waals surface area contributed by atoms with Crippen LogP contribution < -0.4 is 0 Å². The number of carbonyl (C=O) groups excluding carboxylic acids is 1. The Kier molecular flexibility index (Phi) is 5.73. The van der Waals surface area contributed by atoms with E-state index in [0.29, 0.717) is 26.3 Å². The molecule has 5 nitrogen and oxygen atoms in total. The van der Waals surface area contributed by atoms with Crippen molar-refractivity contribution in [1.29, 1.82) is 0 Å². The summed E-state index contributed by atoms with van der Waals surface area (Å²) in [5, 5.41) is 8.93. The Morgan fingerprint density at radius 1 is 1.56 bits per heavy atom. The molecular formula is C11H21NO4. The van der Waals surface area contributed by atoms with Gasteiger partial charge >= 0.3 is 0 Å². The first kappa shape index (κ1) is 13.4. The zero-order valence-corrected chi connectivity index (χ0v) is 10.0. The second-order valence-corrected chi connectivity index (χ2v) is 4.01. The first-order valence-electron chi connectivity index (χ1n) is 5.71. The highest BCUT2D eigenvalue weighted by molar-refractivity contribution is 5.79. The molecule has 1 amide bonds. The van der Waals surface area contributed by atoms with Crippen molar-refractivity contribution < 1.29 is 19.4 Å². The smallest absolute Gasteiger partial charge is 0.228 e. The van der Waals surface area contributed by atoms with Crippen LogP contribution in [0.1, 0.15) is 13.3 Å². The van der Waals surface area contributed by atoms with E-state index in [2.05, 4.69) is 0 Å². The summed E-state index contributed by atoms with van der Waals surface area (Å²) in [5.41, 5.74) is 0. The molecule has 16 heavy (non-hydrogen) atoms. The summed E-state index contributed by atoms with van der Waals surface area (Å²) in [5.74, 6) is -0.000457. The number of amides is 1. The van der Waals surface area contributed by atoms with E-state index >= 15 is 0 Å². The predicted octanol–water partition coefficient (Wildman–Crippen LogP) is -0.121. The minimum Gasteiger partial charge on any atom is -0.395 e. The second kappa shape index (κ2) is 6.83. The van der Waals surface area contributed by atoms with Gasteiger partial charge in [-0.3, -0.25) is 4.79 Å². The zero-order chi connectivity index (χ0) is 12.0. The summed E-state index contributed by atoms with van der Waals surface area (Å²) < 4.78 is 10.3. The van der Waals surface area contributed by atoms with Crippen molar-refractivity contribution in [3.63, 3.8) is 0 Å². The Hall–Kier alpha value is -0.650. The van der Waals surface area contributed by atoms with Gasteiger partial charge in [0, 0.05) is 26.8 Å². The molecule has 2 unspecified atom stereocenters. The highest BCUT2D eigenvalue weighted by Crippen LogP contribution is 2.22. The average molecular weight is 231 g/mol. The van der Waals surface area contributed by atoms with Gasteiger partial charge in [0.05, 0.1) is 25.2 Å². The molecule has 1 heterocycles. The monoisotopic (exact) mass is 231 g/mol. The van der Waals surface area contributed by atoms with Crippen molar-refractivity contribution in [1.82, 2.24) is 4.90 Å². The largest absolute Gasteiger partial charge is 0.395 e. The maximum Gasteiger partial charge on any atom is 0.228 e. The summed E-state index contributed by atoms with van der Waals surface area (Å²) in [6.07, 6.45) is 0.755. The van der Waals surface area contributed by atoms with Crippen LogP contribution in [-0.2, 0) is 14.3 Å². The zero-order valence-electron chi connectivity index (χ0n) is 10.0. The van der Waals surface area contributed by atoms with E-state index in [1.54, 1.807) is 12.0 Å². The predicted molar refractivity (Wildman–Crippen MR) is 59.1 cm³/mol. The Morgan fingerprint density at radius 3 is 2.81 bits per heavy atom. The molecular weight excluding hydrogens is 210 g/mol. The van der Waals surface area contributed by atoms with Gasteiger partial charge in [-0.2, -0.15) is 0 Å². The fourth-order valence-corrected chi connectivity index (χ4v) is 1.94. The Morgan fingerprint density at radius 2 is 2.31 bits per heavy atom. The normalized spacial score (nSPS) is 24.7. The third kappa shape index (κ3) is 3.43. The van der Waals surface area contributed by atoms with Gasteiger partial charge in [-0.15, -0.1) is 0 Å². The molecule has 94 valence electrons. The van der Waals surface area contributed by atoms with Gasteiger partial charge in [0.1, 0.15) is 0 Å². The van der Waals surface area contributed by atoms with Crippen LogP contribution in [0, 0.1) is 5.92 Å². The number of aliphatic hydroxyl groups excluding tert-OH is 1. The van der Waals surface area contributed by atoms with Crippen LogP contribution >= 0.6 is 0 Å². The first-order valence-corrected chi connectivity index (χ1v) is 5.71. The summed E-state index contributed by atoms with van der Waals surface area (Å²) in [7, 11) is 1.60. The molecule has 1 rings (SSSR count). The van der Waals surface area contributed by atoms with E-state index in [4.69, 9.17) is 14.6 Å². The fraction of sp³-hybridized carbons (Fsp3) is 0.909. The topological polar surface area (TPSA) is 59.0 Å². The lowest BCUT2D eigenvalue weighted by molar-refractivity contribution is -0.138. The molecule has 1 fully saturated rings. The van der Waals surface area contributed by atoms with Crippen LogP contribution in [0.5, 0.6) is 0 Å². The van der Waals surface area contributed by atoms with Crippen LogP contribution in [0.25, 0.3) is 0 Å². The minimum absolute atomic E-state index is 0.0165. The van der Waals surface area contributed by atoms with E-state index in [9.17, 15) is 4.79 Å². The number of rotatable bonds is 6. The lowest BCUT2D eigenvalue weighted by Crippen LogP contribution is -2.42. The summed E-state index contributed by atoms with van der Waals surface area (Å²) in [6, 6.07) is 0. The molecule has 1 aliphatic heterocycles. The summed E-state index contributed by atoms with van der Waals surface area (Å²) >= 11 is 0. The number of carbonyl (C=O) groups is 1. The van der Waals surface area contributed by atoms with Crippen LogP contribution in [0.15, 0.2) is 0 Å². The average Bonchev–Trinajstić information content (AvgIpc) is 2.69. The van der Waals surface area contributed by atoms with Gasteiger partial charge in [0.25, 0.3) is 0 Å². The van der Waals surface area contributed by atoms with Gasteiger partial charge < -0.3 is 19.5 Å². The SMILES string of the molecule is COCCN(CCO)C(=O)C1CCOC1C. The van der Waals surface area contributed by atoms with Crippen LogP contribution in [0.3, 0.4) is 0 Å². The Bertz CT molecular complexity index is 222. The second-order valence-electron chi connectivity index (χ2n) is 4.01. The number of aliphatic hydroxyl groups is 1. The molecule has 0 aromatic rings. The fourth-order valence-electron chi connectivity index (χ4n) is 1.94. The molecule has 0 aliphatic carbocycles. The van der Waals surface area contributed by atoms with Gasteiger partial charge in [-0.05, 0) is 13.3 Å². The van der Waals surface area contributed by atoms with Crippen LogP contribution in [-0.4, -0.2) is 62.0 Å². The quantitative estimate of drug-likeness (QED) is 0.692. The Balaban J connectivity index is 2.51. The standard InChI is InChI=1S/C11H21NO4/c1-9-10(3-7-16-9)11(14)12(4-6-13)5-8-15-2/h9-10,13H,3-8H2,1-2H3. The van der Waals surface area contributed by atoms with Crippen molar-refractivity contribution in [2.24, 2.45) is 5.92 Å².